The van der Waals surface area contributed by atoms with E-state index >= 15 is 0 Å². The van der Waals surface area contributed by atoms with Crippen LogP contribution in [0.5, 0.6) is 0 Å². The Balaban J connectivity index is 0.823. The third-order valence-electron chi connectivity index (χ3n) is 17.2. The Morgan fingerprint density at radius 2 is 1.18 bits per heavy atom. The van der Waals surface area contributed by atoms with Gasteiger partial charge in [-0.05, 0) is 164 Å². The first-order valence-corrected chi connectivity index (χ1v) is 22.1. The van der Waals surface area contributed by atoms with Crippen molar-refractivity contribution < 1.29 is 29.7 Å². The second-order valence-electron chi connectivity index (χ2n) is 19.6. The maximum atomic E-state index is 12.6. The Hall–Kier alpha value is -3.35. The van der Waals surface area contributed by atoms with E-state index in [1.807, 2.05) is 0 Å². The smallest absolute Gasteiger partial charge is 0.307 e. The van der Waals surface area contributed by atoms with Crippen LogP contribution in [-0.2, 0) is 40.3 Å². The molecule has 10 atom stereocenters. The fraction of sp³-hybridized carbons (Fsp3) is 0.674. The van der Waals surface area contributed by atoms with Gasteiger partial charge in [-0.3, -0.25) is 19.3 Å². The molecule has 2 aromatic carbocycles. The molecule has 9 fully saturated rings. The largest absolute Gasteiger partial charge is 0.481 e. The Labute approximate surface area is 336 Å². The summed E-state index contributed by atoms with van der Waals surface area (Å²) in [5.74, 6) is 2.22. The summed E-state index contributed by atoms with van der Waals surface area (Å²) in [5.41, 5.74) is 5.18. The lowest BCUT2D eigenvalue weighted by molar-refractivity contribution is -0.661. The summed E-state index contributed by atoms with van der Waals surface area (Å²) in [6.45, 7) is 9.36. The number of nitrogens with zero attached hydrogens (tertiary/aromatic N) is 1. The lowest BCUT2D eigenvalue weighted by atomic mass is 8.91. The second kappa shape index (κ2) is 14.7. The van der Waals surface area contributed by atoms with Crippen molar-refractivity contribution in [3.8, 4) is 0 Å². The van der Waals surface area contributed by atoms with E-state index in [1.54, 1.807) is 0 Å². The van der Waals surface area contributed by atoms with Crippen LogP contribution in [0.3, 0.4) is 0 Å². The van der Waals surface area contributed by atoms with Gasteiger partial charge in [-0.25, -0.2) is 0 Å². The molecule has 7 N–H and O–H groups in total. The third-order valence-corrected chi connectivity index (χ3v) is 17.2. The van der Waals surface area contributed by atoms with Crippen LogP contribution in [0.2, 0.25) is 0 Å². The van der Waals surface area contributed by atoms with E-state index in [1.165, 1.54) is 11.1 Å². The predicted molar refractivity (Wildman–Crippen MR) is 214 cm³/mol. The number of benzene rings is 2. The van der Waals surface area contributed by atoms with Gasteiger partial charge >= 0.3 is 17.9 Å². The molecule has 3 saturated heterocycles. The zero-order valence-corrected chi connectivity index (χ0v) is 33.1. The van der Waals surface area contributed by atoms with Crippen LogP contribution in [0, 0.1) is 81.8 Å². The van der Waals surface area contributed by atoms with E-state index in [0.717, 1.165) is 126 Å². The van der Waals surface area contributed by atoms with Gasteiger partial charge in [0.2, 0.25) is 0 Å². The van der Waals surface area contributed by atoms with Crippen molar-refractivity contribution in [1.82, 2.24) is 26.2 Å². The molecule has 3 aliphatic heterocycles. The number of aliphatic carboxylic acids is 3. The molecule has 0 aromatic heterocycles. The molecule has 3 heterocycles. The van der Waals surface area contributed by atoms with E-state index in [9.17, 15) is 29.7 Å². The average molecular weight is 780 g/mol. The molecule has 11 nitrogen and oxygen atoms in total. The minimum atomic E-state index is -0.708. The molecule has 4 unspecified atom stereocenters. The van der Waals surface area contributed by atoms with Gasteiger partial charge in [-0.2, -0.15) is 0 Å². The fourth-order valence-corrected chi connectivity index (χ4v) is 15.2. The predicted octanol–water partition coefficient (Wildman–Crippen LogP) is 3.42. The lowest BCUT2D eigenvalue weighted by Gasteiger charge is -3.12. The normalized spacial score (nSPS) is 37.6. The number of hydrogen-bond donors (Lipinski definition) is 7. The van der Waals surface area contributed by atoms with Crippen molar-refractivity contribution in [3.05, 3.63) is 70.8 Å². The van der Waals surface area contributed by atoms with Crippen molar-refractivity contribution in [2.75, 3.05) is 58.9 Å². The van der Waals surface area contributed by atoms with E-state index in [0.29, 0.717) is 36.6 Å². The minimum absolute atomic E-state index is 0.157. The molecule has 11 heteroatoms. The summed E-state index contributed by atoms with van der Waals surface area (Å²) < 4.78 is 0. The van der Waals surface area contributed by atoms with Crippen molar-refractivity contribution in [3.63, 3.8) is 0 Å². The van der Waals surface area contributed by atoms with Gasteiger partial charge in [-0.15, -0.1) is 0 Å². The number of rotatable bonds is 21. The van der Waals surface area contributed by atoms with Gasteiger partial charge in [-0.1, -0.05) is 48.5 Å². The van der Waals surface area contributed by atoms with Crippen LogP contribution in [0.1, 0.15) is 47.9 Å². The first kappa shape index (κ1) is 37.9. The molecular weight excluding hydrogens is 719 g/mol. The zero-order chi connectivity index (χ0) is 39.1. The summed E-state index contributed by atoms with van der Waals surface area (Å²) >= 11 is 0. The highest BCUT2D eigenvalue weighted by molar-refractivity contribution is 5.72. The fourth-order valence-electron chi connectivity index (χ4n) is 15.2. The van der Waals surface area contributed by atoms with Crippen LogP contribution in [0.25, 0.3) is 0 Å². The van der Waals surface area contributed by atoms with Crippen LogP contribution in [0.15, 0.2) is 48.5 Å². The number of carboxylic acids is 3. The summed E-state index contributed by atoms with van der Waals surface area (Å²) in [6.07, 6.45) is 4.77. The summed E-state index contributed by atoms with van der Waals surface area (Å²) in [4.78, 5) is 39.8. The van der Waals surface area contributed by atoms with E-state index in [2.05, 4.69) is 74.7 Å². The monoisotopic (exact) mass is 779 g/mol. The molecule has 11 rings (SSSR count). The average Bonchev–Trinajstić information content (AvgIpc) is 4.02. The number of carbonyl (C=O) groups is 3. The number of hydrogen-bond acceptors (Lipinski definition) is 8. The van der Waals surface area contributed by atoms with Gasteiger partial charge in [0, 0.05) is 32.7 Å². The van der Waals surface area contributed by atoms with Crippen molar-refractivity contribution in [1.29, 1.82) is 0 Å². The molecule has 9 aliphatic rings. The van der Waals surface area contributed by atoms with Gasteiger partial charge in [0.1, 0.15) is 0 Å². The van der Waals surface area contributed by atoms with Crippen molar-refractivity contribution in [2.24, 2.45) is 81.8 Å². The van der Waals surface area contributed by atoms with Crippen molar-refractivity contribution in [2.45, 2.75) is 51.6 Å². The first-order chi connectivity index (χ1) is 27.7. The van der Waals surface area contributed by atoms with E-state index in [4.69, 9.17) is 0 Å². The van der Waals surface area contributed by atoms with Crippen LogP contribution in [-0.4, -0.2) is 97.0 Å². The number of nitrogens with one attached hydrogen (secondary N) is 4. The third kappa shape index (κ3) is 5.95. The van der Waals surface area contributed by atoms with Crippen molar-refractivity contribution >= 4 is 17.9 Å². The molecule has 306 valence electrons. The lowest BCUT2D eigenvalue weighted by Crippen LogP contribution is -3.10. The molecule has 0 spiro atoms. The van der Waals surface area contributed by atoms with Gasteiger partial charge in [0.25, 0.3) is 0 Å². The first-order valence-electron chi connectivity index (χ1n) is 22.1. The Morgan fingerprint density at radius 3 is 1.70 bits per heavy atom. The van der Waals surface area contributed by atoms with Crippen LogP contribution in [0.4, 0.5) is 0 Å². The maximum Gasteiger partial charge on any atom is 0.307 e. The Bertz CT molecular complexity index is 1850. The van der Waals surface area contributed by atoms with E-state index in [-0.39, 0.29) is 40.9 Å². The van der Waals surface area contributed by atoms with Gasteiger partial charge in [0.05, 0.1) is 17.8 Å². The Kier molecular flexibility index (Phi) is 9.79. The quantitative estimate of drug-likeness (QED) is 0.0931. The highest BCUT2D eigenvalue weighted by Crippen LogP contribution is 3.11. The highest BCUT2D eigenvalue weighted by Gasteiger charge is 3.09. The zero-order valence-electron chi connectivity index (χ0n) is 33.1. The second-order valence-corrected chi connectivity index (χ2v) is 19.6. The minimum Gasteiger partial charge on any atom is -0.481 e. The SMILES string of the molecule is O=C(O)[C@@H](Cc1cccc(CNCCN(Cc2cccc(C[C@H](C(=O)O)[C@H]3CCNC3)c2)CC23C4C5C6C4C2C6(C[C@H](C(=O)O)[C@H]2CCNC2)C53)c1)[C@H]1CCNC1. The molecule has 0 bridgehead atoms. The van der Waals surface area contributed by atoms with E-state index < -0.39 is 17.9 Å². The summed E-state index contributed by atoms with van der Waals surface area (Å²) in [7, 11) is 0. The standard InChI is InChI=1S/C46H61N5O6/c52-42(53)33(30-7-10-47-21-30)17-26-3-1-5-28(15-26)20-50-13-14-51(24-29-6-2-4-27(16-29)18-34(43(54)55)31-8-11-48-22-31)25-46-39-36-38-37(39)41(46)45(38,40(36)46)19-35(44(56)57)32-9-12-49-23-32/h1-6,15-16,30-41,47-50H,7-14,17-25H2,(H,52,53)(H,54,55)(H,56,57)/t30-,31-,32-,33-,34-,35-,36?,37?,38?,39?,40?,41?,45?,46?/m0/s1. The molecule has 0 radical (unpaired) electrons. The highest BCUT2D eigenvalue weighted by atomic mass is 16.4. The van der Waals surface area contributed by atoms with Crippen LogP contribution >= 0.6 is 0 Å². The number of carboxylic acid groups (broad SMARTS) is 3. The molecule has 6 saturated carbocycles. The van der Waals surface area contributed by atoms with Crippen LogP contribution < -0.4 is 21.3 Å². The molecule has 6 aliphatic carbocycles. The molecule has 0 amide bonds. The molecule has 57 heavy (non-hydrogen) atoms. The topological polar surface area (TPSA) is 163 Å². The molecule has 2 aromatic rings. The maximum absolute atomic E-state index is 12.6. The van der Waals surface area contributed by atoms with Gasteiger partial charge in [0.15, 0.2) is 0 Å². The Morgan fingerprint density at radius 1 is 0.684 bits per heavy atom. The molecular formula is C46H61N5O6. The summed E-state index contributed by atoms with van der Waals surface area (Å²) in [5, 5.41) is 44.3. The van der Waals surface area contributed by atoms with Gasteiger partial charge < -0.3 is 36.6 Å². The summed E-state index contributed by atoms with van der Waals surface area (Å²) in [6, 6.07) is 17.0.